The number of halogens is 1. The summed E-state index contributed by atoms with van der Waals surface area (Å²) in [5.74, 6) is 1.18. The Morgan fingerprint density at radius 2 is 2.16 bits per heavy atom. The van der Waals surface area contributed by atoms with Gasteiger partial charge in [-0.05, 0) is 36.8 Å². The van der Waals surface area contributed by atoms with Crippen molar-refractivity contribution in [2.24, 2.45) is 11.8 Å². The van der Waals surface area contributed by atoms with Crippen molar-refractivity contribution in [3.8, 4) is 5.75 Å². The van der Waals surface area contributed by atoms with E-state index in [0.717, 1.165) is 18.4 Å². The second-order valence-electron chi connectivity index (χ2n) is 6.23. The van der Waals surface area contributed by atoms with Crippen molar-refractivity contribution in [3.05, 3.63) is 29.6 Å². The Morgan fingerprint density at radius 1 is 1.37 bits per heavy atom. The van der Waals surface area contributed by atoms with Crippen molar-refractivity contribution in [1.82, 2.24) is 0 Å². The van der Waals surface area contributed by atoms with Crippen LogP contribution in [0.3, 0.4) is 0 Å². The van der Waals surface area contributed by atoms with Crippen LogP contribution in [0.4, 0.5) is 4.39 Å². The number of benzene rings is 1. The molecular weight excluding hydrogens is 243 g/mol. The van der Waals surface area contributed by atoms with Crippen LogP contribution in [0.2, 0.25) is 0 Å². The monoisotopic (exact) mass is 264 g/mol. The molecule has 1 saturated carbocycles. The average Bonchev–Trinajstić information content (AvgIpc) is 2.35. The van der Waals surface area contributed by atoms with Crippen LogP contribution in [0, 0.1) is 17.7 Å². The van der Waals surface area contributed by atoms with Gasteiger partial charge in [-0.1, -0.05) is 20.3 Å². The summed E-state index contributed by atoms with van der Waals surface area (Å²) in [6.07, 6.45) is 3.35. The molecule has 1 spiro atoms. The van der Waals surface area contributed by atoms with Crippen molar-refractivity contribution in [1.29, 1.82) is 0 Å². The summed E-state index contributed by atoms with van der Waals surface area (Å²) in [7, 11) is 0. The second kappa shape index (κ2) is 4.48. The van der Waals surface area contributed by atoms with Crippen LogP contribution >= 0.6 is 0 Å². The topological polar surface area (TPSA) is 29.5 Å². The Balaban J connectivity index is 1.99. The summed E-state index contributed by atoms with van der Waals surface area (Å²) in [6.45, 7) is 4.43. The maximum absolute atomic E-state index is 13.4. The van der Waals surface area contributed by atoms with Gasteiger partial charge in [0.2, 0.25) is 0 Å². The molecule has 1 aromatic carbocycles. The van der Waals surface area contributed by atoms with Crippen LogP contribution in [-0.2, 0) is 0 Å². The summed E-state index contributed by atoms with van der Waals surface area (Å²) in [5, 5.41) is 10.4. The molecule has 1 aromatic rings. The van der Waals surface area contributed by atoms with Crippen molar-refractivity contribution >= 4 is 0 Å². The molecule has 0 bridgehead atoms. The van der Waals surface area contributed by atoms with Crippen LogP contribution in [0.25, 0.3) is 0 Å². The van der Waals surface area contributed by atoms with E-state index in [1.54, 1.807) is 6.07 Å². The number of hydrogen-bond acceptors (Lipinski definition) is 2. The highest BCUT2D eigenvalue weighted by atomic mass is 19.1. The Labute approximate surface area is 113 Å². The fraction of sp³-hybridized carbons (Fsp3) is 0.625. The molecule has 3 rings (SSSR count). The van der Waals surface area contributed by atoms with E-state index in [1.807, 2.05) is 0 Å². The Hall–Kier alpha value is -1.09. The fourth-order valence-corrected chi connectivity index (χ4v) is 3.72. The minimum Gasteiger partial charge on any atom is -0.486 e. The maximum atomic E-state index is 13.4. The molecule has 4 atom stereocenters. The van der Waals surface area contributed by atoms with E-state index >= 15 is 0 Å². The Morgan fingerprint density at radius 3 is 2.95 bits per heavy atom. The van der Waals surface area contributed by atoms with Crippen LogP contribution in [-0.4, -0.2) is 10.7 Å². The third-order valence-corrected chi connectivity index (χ3v) is 5.13. The smallest absolute Gasteiger partial charge is 0.128 e. The largest absolute Gasteiger partial charge is 0.486 e. The number of aliphatic hydroxyl groups excluding tert-OH is 1. The van der Waals surface area contributed by atoms with Gasteiger partial charge in [-0.25, -0.2) is 4.39 Å². The van der Waals surface area contributed by atoms with Gasteiger partial charge < -0.3 is 9.84 Å². The second-order valence-corrected chi connectivity index (χ2v) is 6.23. The normalized spacial score (nSPS) is 37.8. The molecule has 19 heavy (non-hydrogen) atoms. The lowest BCUT2D eigenvalue weighted by atomic mass is 9.67. The predicted molar refractivity (Wildman–Crippen MR) is 71.5 cm³/mol. The Kier molecular flexibility index (Phi) is 3.05. The molecule has 104 valence electrons. The molecule has 2 aliphatic rings. The summed E-state index contributed by atoms with van der Waals surface area (Å²) in [6, 6.07) is 4.43. The third kappa shape index (κ3) is 2.04. The molecule has 0 aromatic heterocycles. The molecule has 1 heterocycles. The number of fused-ring (bicyclic) bond motifs is 1. The van der Waals surface area contributed by atoms with Crippen LogP contribution in [0.1, 0.15) is 51.2 Å². The lowest BCUT2D eigenvalue weighted by Gasteiger charge is -2.49. The van der Waals surface area contributed by atoms with Gasteiger partial charge in [0.05, 0.1) is 6.10 Å². The summed E-state index contributed by atoms with van der Waals surface area (Å²) >= 11 is 0. The van der Waals surface area contributed by atoms with Gasteiger partial charge in [0.25, 0.3) is 0 Å². The van der Waals surface area contributed by atoms with Crippen LogP contribution in [0.15, 0.2) is 18.2 Å². The van der Waals surface area contributed by atoms with E-state index in [9.17, 15) is 9.50 Å². The first kappa shape index (κ1) is 12.9. The zero-order valence-corrected chi connectivity index (χ0v) is 11.5. The molecule has 4 unspecified atom stereocenters. The number of aliphatic hydroxyl groups is 1. The van der Waals surface area contributed by atoms with E-state index in [-0.39, 0.29) is 11.4 Å². The SMILES string of the molecule is CC1CCCC2(CC(O)c3ccc(F)cc3O2)C1C. The van der Waals surface area contributed by atoms with Gasteiger partial charge in [0.15, 0.2) is 0 Å². The molecule has 0 radical (unpaired) electrons. The molecule has 1 aliphatic carbocycles. The quantitative estimate of drug-likeness (QED) is 0.771. The molecule has 1 N–H and O–H groups in total. The van der Waals surface area contributed by atoms with E-state index in [2.05, 4.69) is 13.8 Å². The van der Waals surface area contributed by atoms with Gasteiger partial charge in [-0.15, -0.1) is 0 Å². The molecule has 0 saturated heterocycles. The summed E-state index contributed by atoms with van der Waals surface area (Å²) in [4.78, 5) is 0. The van der Waals surface area contributed by atoms with E-state index < -0.39 is 6.10 Å². The first-order chi connectivity index (χ1) is 9.02. The van der Waals surface area contributed by atoms with Crippen molar-refractivity contribution in [3.63, 3.8) is 0 Å². The zero-order valence-electron chi connectivity index (χ0n) is 11.5. The van der Waals surface area contributed by atoms with Gasteiger partial charge >= 0.3 is 0 Å². The van der Waals surface area contributed by atoms with Gasteiger partial charge in [0.1, 0.15) is 17.2 Å². The van der Waals surface area contributed by atoms with Crippen LogP contribution in [0.5, 0.6) is 5.75 Å². The third-order valence-electron chi connectivity index (χ3n) is 5.13. The van der Waals surface area contributed by atoms with E-state index in [4.69, 9.17) is 4.74 Å². The van der Waals surface area contributed by atoms with E-state index in [0.29, 0.717) is 24.0 Å². The van der Waals surface area contributed by atoms with Gasteiger partial charge in [0, 0.05) is 18.1 Å². The zero-order chi connectivity index (χ0) is 13.6. The molecule has 0 amide bonds. The number of ether oxygens (including phenoxy) is 1. The van der Waals surface area contributed by atoms with Crippen LogP contribution < -0.4 is 4.74 Å². The molecule has 1 fully saturated rings. The minimum atomic E-state index is -0.544. The summed E-state index contributed by atoms with van der Waals surface area (Å²) in [5.41, 5.74) is 0.398. The predicted octanol–water partition coefficient (Wildman–Crippen LogP) is 3.84. The number of rotatable bonds is 0. The van der Waals surface area contributed by atoms with E-state index in [1.165, 1.54) is 18.6 Å². The average molecular weight is 264 g/mol. The molecular formula is C16H21FO2. The molecule has 3 heteroatoms. The lowest BCUT2D eigenvalue weighted by Crippen LogP contribution is -2.51. The fourth-order valence-electron chi connectivity index (χ4n) is 3.72. The standard InChI is InChI=1S/C16H21FO2/c1-10-4-3-7-16(11(10)2)9-14(18)13-6-5-12(17)8-15(13)19-16/h5-6,8,10-11,14,18H,3-4,7,9H2,1-2H3. The highest BCUT2D eigenvalue weighted by molar-refractivity contribution is 5.39. The van der Waals surface area contributed by atoms with Crippen molar-refractivity contribution in [2.75, 3.05) is 0 Å². The Bertz CT molecular complexity index is 488. The first-order valence-electron chi connectivity index (χ1n) is 7.18. The minimum absolute atomic E-state index is 0.306. The summed E-state index contributed by atoms with van der Waals surface area (Å²) < 4.78 is 19.6. The van der Waals surface area contributed by atoms with Gasteiger partial charge in [-0.2, -0.15) is 0 Å². The molecule has 1 aliphatic heterocycles. The number of hydrogen-bond donors (Lipinski definition) is 1. The van der Waals surface area contributed by atoms with Crippen molar-refractivity contribution in [2.45, 2.75) is 51.2 Å². The molecule has 2 nitrogen and oxygen atoms in total. The maximum Gasteiger partial charge on any atom is 0.128 e. The van der Waals surface area contributed by atoms with Crippen molar-refractivity contribution < 1.29 is 14.2 Å². The van der Waals surface area contributed by atoms with Gasteiger partial charge in [-0.3, -0.25) is 0 Å². The first-order valence-corrected chi connectivity index (χ1v) is 7.18. The lowest BCUT2D eigenvalue weighted by molar-refractivity contribution is -0.0880. The highest BCUT2D eigenvalue weighted by Gasteiger charge is 2.48. The highest BCUT2D eigenvalue weighted by Crippen LogP contribution is 2.50.